The molecule has 23 heavy (non-hydrogen) atoms. The third-order valence-electron chi connectivity index (χ3n) is 5.05. The summed E-state index contributed by atoms with van der Waals surface area (Å²) in [4.78, 5) is 35.7. The predicted octanol–water partition coefficient (Wildman–Crippen LogP) is 2.23. The number of carboxylic acid groups (broad SMARTS) is 1. The van der Waals surface area contributed by atoms with E-state index in [1.165, 1.54) is 12.1 Å². The van der Waals surface area contributed by atoms with E-state index in [2.05, 4.69) is 0 Å². The van der Waals surface area contributed by atoms with Crippen molar-refractivity contribution >= 4 is 17.6 Å². The van der Waals surface area contributed by atoms with Crippen LogP contribution in [-0.2, 0) is 4.79 Å². The van der Waals surface area contributed by atoms with Gasteiger partial charge in [0.25, 0.3) is 11.6 Å². The van der Waals surface area contributed by atoms with Crippen molar-refractivity contribution in [3.8, 4) is 0 Å². The molecule has 1 N–H and O–H groups in total. The van der Waals surface area contributed by atoms with Gasteiger partial charge < -0.3 is 10.0 Å². The number of carboxylic acids is 1. The molecule has 1 heterocycles. The van der Waals surface area contributed by atoms with Crippen molar-refractivity contribution in [1.82, 2.24) is 4.90 Å². The number of rotatable bonds is 3. The van der Waals surface area contributed by atoms with E-state index in [1.54, 1.807) is 17.9 Å². The second kappa shape index (κ2) is 5.33. The molecule has 0 bridgehead atoms. The lowest BCUT2D eigenvalue weighted by Crippen LogP contribution is -2.40. The number of nitro groups is 1. The molecule has 0 radical (unpaired) electrons. The quantitative estimate of drug-likeness (QED) is 0.680. The molecule has 1 aliphatic heterocycles. The average Bonchev–Trinajstić information content (AvgIpc) is 3.21. The van der Waals surface area contributed by atoms with Crippen molar-refractivity contribution < 1.29 is 19.6 Å². The molecule has 1 saturated heterocycles. The first kappa shape index (κ1) is 15.5. The third-order valence-corrected chi connectivity index (χ3v) is 5.05. The molecule has 7 heteroatoms. The van der Waals surface area contributed by atoms with Gasteiger partial charge in [0.1, 0.15) is 0 Å². The number of aliphatic carboxylic acids is 1. The smallest absolute Gasteiger partial charge is 0.307 e. The highest BCUT2D eigenvalue weighted by Gasteiger charge is 2.59. The molecule has 1 saturated carbocycles. The van der Waals surface area contributed by atoms with Crippen LogP contribution in [0.25, 0.3) is 0 Å². The van der Waals surface area contributed by atoms with Crippen LogP contribution >= 0.6 is 0 Å². The van der Waals surface area contributed by atoms with Crippen molar-refractivity contribution in [3.63, 3.8) is 0 Å². The molecule has 0 aromatic heterocycles. The van der Waals surface area contributed by atoms with Crippen molar-refractivity contribution in [1.29, 1.82) is 0 Å². The molecule has 1 aromatic rings. The summed E-state index contributed by atoms with van der Waals surface area (Å²) in [6, 6.07) is 4.39. The van der Waals surface area contributed by atoms with Crippen LogP contribution in [0.1, 0.15) is 35.2 Å². The lowest BCUT2D eigenvalue weighted by molar-refractivity contribution is -0.384. The van der Waals surface area contributed by atoms with Gasteiger partial charge in [0, 0.05) is 30.8 Å². The fourth-order valence-corrected chi connectivity index (χ4v) is 3.58. The van der Waals surface area contributed by atoms with Crippen molar-refractivity contribution in [2.24, 2.45) is 11.3 Å². The number of hydrogen-bond donors (Lipinski definition) is 1. The Kier molecular flexibility index (Phi) is 3.58. The third kappa shape index (κ3) is 2.78. The van der Waals surface area contributed by atoms with Crippen molar-refractivity contribution in [2.75, 3.05) is 13.1 Å². The Bertz CT molecular complexity index is 692. The van der Waals surface area contributed by atoms with Crippen LogP contribution in [-0.4, -0.2) is 39.9 Å². The first-order chi connectivity index (χ1) is 10.8. The monoisotopic (exact) mass is 318 g/mol. The molecule has 1 aliphatic carbocycles. The molecule has 1 spiro atoms. The van der Waals surface area contributed by atoms with E-state index in [1.807, 2.05) is 0 Å². The Labute approximate surface area is 133 Å². The fraction of sp³-hybridized carbons (Fsp3) is 0.500. The SMILES string of the molecule is Cc1cc(C(=O)N2CCC3(CC2)CC3C(=O)O)cc([N+](=O)[O-])c1. The molecule has 2 aliphatic rings. The highest BCUT2D eigenvalue weighted by atomic mass is 16.6. The molecule has 2 fully saturated rings. The maximum atomic E-state index is 12.6. The zero-order valence-electron chi connectivity index (χ0n) is 12.8. The number of carbonyl (C=O) groups is 2. The van der Waals surface area contributed by atoms with Gasteiger partial charge in [0.05, 0.1) is 10.8 Å². The minimum Gasteiger partial charge on any atom is -0.481 e. The normalized spacial score (nSPS) is 22.0. The largest absolute Gasteiger partial charge is 0.481 e. The second-order valence-corrected chi connectivity index (χ2v) is 6.56. The standard InChI is InChI=1S/C16H18N2O5/c1-10-6-11(8-12(7-10)18(22)23)14(19)17-4-2-16(3-5-17)9-13(16)15(20)21/h6-8,13H,2-5,9H2,1H3,(H,20,21). The molecule has 1 unspecified atom stereocenters. The first-order valence-corrected chi connectivity index (χ1v) is 7.60. The van der Waals surface area contributed by atoms with Gasteiger partial charge in [-0.15, -0.1) is 0 Å². The molecular weight excluding hydrogens is 300 g/mol. The minimum absolute atomic E-state index is 0.0880. The Morgan fingerprint density at radius 2 is 1.96 bits per heavy atom. The van der Waals surface area contributed by atoms with Crippen LogP contribution in [0.3, 0.4) is 0 Å². The number of nitro benzene ring substituents is 1. The van der Waals surface area contributed by atoms with Gasteiger partial charge in [-0.1, -0.05) is 0 Å². The van der Waals surface area contributed by atoms with Gasteiger partial charge in [0.15, 0.2) is 0 Å². The predicted molar refractivity (Wildman–Crippen MR) is 81.1 cm³/mol. The summed E-state index contributed by atoms with van der Waals surface area (Å²) in [6.07, 6.45) is 2.06. The van der Waals surface area contributed by atoms with Gasteiger partial charge in [-0.25, -0.2) is 0 Å². The number of aryl methyl sites for hydroxylation is 1. The summed E-state index contributed by atoms with van der Waals surface area (Å²) in [6.45, 7) is 2.73. The van der Waals surface area contributed by atoms with Crippen LogP contribution in [0.5, 0.6) is 0 Å². The van der Waals surface area contributed by atoms with E-state index in [9.17, 15) is 19.7 Å². The maximum Gasteiger partial charge on any atom is 0.307 e. The minimum atomic E-state index is -0.751. The summed E-state index contributed by atoms with van der Waals surface area (Å²) in [5, 5.41) is 20.0. The first-order valence-electron chi connectivity index (χ1n) is 7.60. The summed E-state index contributed by atoms with van der Waals surface area (Å²) in [5.74, 6) is -1.25. The molecule has 1 atom stereocenters. The number of amides is 1. The highest BCUT2D eigenvalue weighted by molar-refractivity contribution is 5.95. The van der Waals surface area contributed by atoms with Gasteiger partial charge in [0.2, 0.25) is 0 Å². The van der Waals surface area contributed by atoms with Gasteiger partial charge in [-0.2, -0.15) is 0 Å². The van der Waals surface area contributed by atoms with Crippen LogP contribution in [0.2, 0.25) is 0 Å². The Morgan fingerprint density at radius 3 is 2.48 bits per heavy atom. The fourth-order valence-electron chi connectivity index (χ4n) is 3.58. The van der Waals surface area contributed by atoms with Crippen LogP contribution < -0.4 is 0 Å². The number of hydrogen-bond acceptors (Lipinski definition) is 4. The lowest BCUT2D eigenvalue weighted by atomic mass is 9.90. The van der Waals surface area contributed by atoms with Crippen molar-refractivity contribution in [3.05, 3.63) is 39.4 Å². The number of likely N-dealkylation sites (tertiary alicyclic amines) is 1. The van der Waals surface area contributed by atoms with Crippen LogP contribution in [0.15, 0.2) is 18.2 Å². The Morgan fingerprint density at radius 1 is 1.30 bits per heavy atom. The number of carbonyl (C=O) groups excluding carboxylic acids is 1. The lowest BCUT2D eigenvalue weighted by Gasteiger charge is -2.32. The van der Waals surface area contributed by atoms with E-state index in [0.29, 0.717) is 43.5 Å². The van der Waals surface area contributed by atoms with E-state index < -0.39 is 10.9 Å². The molecular formula is C16H18N2O5. The summed E-state index contributed by atoms with van der Waals surface area (Å²) in [7, 11) is 0. The molecule has 7 nitrogen and oxygen atoms in total. The summed E-state index contributed by atoms with van der Waals surface area (Å²) >= 11 is 0. The molecule has 1 amide bonds. The van der Waals surface area contributed by atoms with Crippen molar-refractivity contribution in [2.45, 2.75) is 26.2 Å². The summed E-state index contributed by atoms with van der Waals surface area (Å²) in [5.41, 5.74) is 0.763. The number of nitrogens with zero attached hydrogens (tertiary/aromatic N) is 2. The average molecular weight is 318 g/mol. The summed E-state index contributed by atoms with van der Waals surface area (Å²) < 4.78 is 0. The topological polar surface area (TPSA) is 101 Å². The highest BCUT2D eigenvalue weighted by Crippen LogP contribution is 2.59. The van der Waals surface area contributed by atoms with Gasteiger partial charge in [-0.3, -0.25) is 19.7 Å². The van der Waals surface area contributed by atoms with Gasteiger partial charge >= 0.3 is 5.97 Å². The van der Waals surface area contributed by atoms with E-state index >= 15 is 0 Å². The van der Waals surface area contributed by atoms with E-state index in [-0.39, 0.29) is 22.9 Å². The van der Waals surface area contributed by atoms with Crippen LogP contribution in [0, 0.1) is 28.4 Å². The number of piperidine rings is 1. The zero-order chi connectivity index (χ0) is 16.8. The Hall–Kier alpha value is -2.44. The van der Waals surface area contributed by atoms with E-state index in [0.717, 1.165) is 0 Å². The number of non-ortho nitro benzene ring substituents is 1. The van der Waals surface area contributed by atoms with Gasteiger partial charge in [-0.05, 0) is 43.2 Å². The molecule has 1 aromatic carbocycles. The molecule has 122 valence electrons. The second-order valence-electron chi connectivity index (χ2n) is 6.56. The molecule has 3 rings (SSSR count). The zero-order valence-corrected chi connectivity index (χ0v) is 12.8. The number of benzene rings is 1. The Balaban J connectivity index is 1.71. The van der Waals surface area contributed by atoms with Crippen LogP contribution in [0.4, 0.5) is 5.69 Å². The maximum absolute atomic E-state index is 12.6. The van der Waals surface area contributed by atoms with E-state index in [4.69, 9.17) is 5.11 Å².